The first kappa shape index (κ1) is 31.4. The maximum Gasteiger partial charge on any atom is 0.246 e. The van der Waals surface area contributed by atoms with Gasteiger partial charge < -0.3 is 33.9 Å². The third kappa shape index (κ3) is 5.88. The first-order valence-corrected chi connectivity index (χ1v) is 18.4. The number of benzene rings is 3. The fourth-order valence-corrected chi connectivity index (χ4v) is 8.85. The summed E-state index contributed by atoms with van der Waals surface area (Å²) >= 11 is 0. The van der Waals surface area contributed by atoms with E-state index in [0.29, 0.717) is 17.9 Å². The molecule has 2 amide bonds. The summed E-state index contributed by atoms with van der Waals surface area (Å²) in [6.45, 7) is 7.02. The van der Waals surface area contributed by atoms with Crippen LogP contribution in [0.4, 0.5) is 0 Å². The van der Waals surface area contributed by atoms with Crippen LogP contribution < -0.4 is 14.2 Å². The van der Waals surface area contributed by atoms with Crippen LogP contribution in [0.15, 0.2) is 66.7 Å². The van der Waals surface area contributed by atoms with Gasteiger partial charge in [0.1, 0.15) is 18.3 Å². The number of piperidine rings is 1. The lowest BCUT2D eigenvalue weighted by Gasteiger charge is -2.48. The third-order valence-electron chi connectivity index (χ3n) is 11.4. The summed E-state index contributed by atoms with van der Waals surface area (Å²) in [6, 6.07) is 21.5. The Balaban J connectivity index is 0.875. The van der Waals surface area contributed by atoms with Crippen LogP contribution in [0.3, 0.4) is 0 Å². The van der Waals surface area contributed by atoms with Crippen molar-refractivity contribution in [3.63, 3.8) is 0 Å². The van der Waals surface area contributed by atoms with Crippen LogP contribution >= 0.6 is 0 Å². The van der Waals surface area contributed by atoms with Crippen molar-refractivity contribution >= 4 is 22.7 Å². The maximum absolute atomic E-state index is 14.5. The minimum absolute atomic E-state index is 0.00414. The summed E-state index contributed by atoms with van der Waals surface area (Å²) in [5.74, 6) is 2.29. The van der Waals surface area contributed by atoms with E-state index < -0.39 is 12.1 Å². The molecule has 3 aromatic carbocycles. The SMILES string of the molecule is O=C1[C@H]2Cc3c([nH]c4ccccc34)[C@@H](c3ccc4c(c3)OCO4)N2C(=O)CN1[C@H]1CCN(Cc2ccc(OCCCN3CCCCC3)cc2)C1. The smallest absolute Gasteiger partial charge is 0.246 e. The minimum atomic E-state index is -0.570. The van der Waals surface area contributed by atoms with Gasteiger partial charge in [-0.15, -0.1) is 0 Å². The zero-order valence-corrected chi connectivity index (χ0v) is 28.5. The van der Waals surface area contributed by atoms with Crippen molar-refractivity contribution in [2.75, 3.05) is 52.7 Å². The molecule has 0 radical (unpaired) electrons. The predicted octanol–water partition coefficient (Wildman–Crippen LogP) is 5.11. The summed E-state index contributed by atoms with van der Waals surface area (Å²) in [6.07, 6.45) is 6.40. The zero-order chi connectivity index (χ0) is 33.6. The fraction of sp³-hybridized carbons (Fsp3) is 0.450. The molecular weight excluding hydrogens is 630 g/mol. The first-order chi connectivity index (χ1) is 24.6. The number of H-pyrrole nitrogens is 1. The molecule has 50 heavy (non-hydrogen) atoms. The molecule has 5 aliphatic rings. The Hall–Kier alpha value is -4.54. The van der Waals surface area contributed by atoms with E-state index >= 15 is 0 Å². The van der Waals surface area contributed by atoms with E-state index in [4.69, 9.17) is 14.2 Å². The van der Waals surface area contributed by atoms with E-state index in [2.05, 4.69) is 51.2 Å². The number of nitrogens with zero attached hydrogens (tertiary/aromatic N) is 4. The molecule has 0 spiro atoms. The predicted molar refractivity (Wildman–Crippen MR) is 189 cm³/mol. The minimum Gasteiger partial charge on any atom is -0.494 e. The molecule has 1 aromatic heterocycles. The number of carbonyl (C=O) groups is 2. The van der Waals surface area contributed by atoms with Gasteiger partial charge in [0.15, 0.2) is 11.5 Å². The number of ether oxygens (including phenoxy) is 3. The van der Waals surface area contributed by atoms with Gasteiger partial charge in [-0.1, -0.05) is 42.8 Å². The number of likely N-dealkylation sites (tertiary alicyclic amines) is 2. The Bertz CT molecular complexity index is 1880. The van der Waals surface area contributed by atoms with Gasteiger partial charge in [-0.25, -0.2) is 0 Å². The highest BCUT2D eigenvalue weighted by Gasteiger charge is 2.50. The normalized spacial score (nSPS) is 23.8. The molecule has 0 bridgehead atoms. The second kappa shape index (κ2) is 13.3. The molecule has 4 aromatic rings. The number of nitrogens with one attached hydrogen (secondary N) is 1. The Morgan fingerprint density at radius 2 is 1.72 bits per heavy atom. The molecule has 0 aliphatic carbocycles. The van der Waals surface area contributed by atoms with Gasteiger partial charge in [0.2, 0.25) is 18.6 Å². The third-order valence-corrected chi connectivity index (χ3v) is 11.4. The number of aromatic nitrogens is 1. The lowest BCUT2D eigenvalue weighted by Crippen LogP contribution is -2.65. The van der Waals surface area contributed by atoms with Gasteiger partial charge in [-0.2, -0.15) is 0 Å². The second-order valence-corrected chi connectivity index (χ2v) is 14.5. The number of rotatable bonds is 9. The van der Waals surface area contributed by atoms with Crippen LogP contribution in [0, 0.1) is 0 Å². The molecule has 3 saturated heterocycles. The molecule has 9 rings (SSSR count). The zero-order valence-electron chi connectivity index (χ0n) is 28.5. The summed E-state index contributed by atoms with van der Waals surface area (Å²) < 4.78 is 17.3. The summed E-state index contributed by atoms with van der Waals surface area (Å²) in [7, 11) is 0. The van der Waals surface area contributed by atoms with Crippen molar-refractivity contribution in [2.45, 2.75) is 63.2 Å². The number of hydrogen-bond donors (Lipinski definition) is 1. The van der Waals surface area contributed by atoms with Crippen LogP contribution in [0.25, 0.3) is 10.9 Å². The number of fused-ring (bicyclic) bond motifs is 5. The Morgan fingerprint density at radius 3 is 2.60 bits per heavy atom. The summed E-state index contributed by atoms with van der Waals surface area (Å²) in [5.41, 5.74) is 5.22. The van der Waals surface area contributed by atoms with E-state index in [1.54, 1.807) is 0 Å². The Kier molecular flexibility index (Phi) is 8.36. The number of hydrogen-bond acceptors (Lipinski definition) is 7. The summed E-state index contributed by atoms with van der Waals surface area (Å²) in [4.78, 5) is 40.9. The van der Waals surface area contributed by atoms with E-state index in [9.17, 15) is 9.59 Å². The number of para-hydroxylation sites is 1. The molecule has 10 nitrogen and oxygen atoms in total. The van der Waals surface area contributed by atoms with Gasteiger partial charge in [-0.05, 0) is 85.8 Å². The van der Waals surface area contributed by atoms with E-state index in [1.165, 1.54) is 37.9 Å². The van der Waals surface area contributed by atoms with Crippen LogP contribution in [-0.4, -0.2) is 101 Å². The molecule has 1 N–H and O–H groups in total. The van der Waals surface area contributed by atoms with Gasteiger partial charge >= 0.3 is 0 Å². The highest BCUT2D eigenvalue weighted by Crippen LogP contribution is 2.45. The van der Waals surface area contributed by atoms with Gasteiger partial charge in [0, 0.05) is 55.2 Å². The Labute approximate surface area is 292 Å². The highest BCUT2D eigenvalue weighted by molar-refractivity contribution is 5.98. The van der Waals surface area contributed by atoms with Crippen molar-refractivity contribution in [1.82, 2.24) is 24.6 Å². The standard InChI is InChI=1S/C40H45N5O5/c46-37-25-44(29-15-19-43(24-29)23-27-9-12-30(13-10-27)48-20-6-18-42-16-4-1-5-17-42)40(47)34-22-32-31-7-2-3-8-33(31)41-38(32)39(45(34)37)28-11-14-35-36(21-28)50-26-49-35/h2-3,7-14,21,29,34,39,41H,1,4-6,15-20,22-26H2/t29-,34+,39+/m0/s1. The first-order valence-electron chi connectivity index (χ1n) is 18.4. The molecule has 3 fully saturated rings. The van der Waals surface area contributed by atoms with Gasteiger partial charge in [0.05, 0.1) is 12.6 Å². The average molecular weight is 676 g/mol. The lowest BCUT2D eigenvalue weighted by atomic mass is 9.85. The van der Waals surface area contributed by atoms with Crippen molar-refractivity contribution in [3.8, 4) is 17.2 Å². The molecule has 3 atom stereocenters. The van der Waals surface area contributed by atoms with Crippen LogP contribution in [0.5, 0.6) is 17.2 Å². The monoisotopic (exact) mass is 675 g/mol. The van der Waals surface area contributed by atoms with E-state index in [1.807, 2.05) is 40.1 Å². The number of piperazine rings is 1. The number of aromatic amines is 1. The summed E-state index contributed by atoms with van der Waals surface area (Å²) in [5, 5.41) is 1.10. The maximum atomic E-state index is 14.5. The molecule has 0 saturated carbocycles. The average Bonchev–Trinajstić information content (AvgIpc) is 3.90. The van der Waals surface area contributed by atoms with Gasteiger partial charge in [-0.3, -0.25) is 14.5 Å². The largest absolute Gasteiger partial charge is 0.494 e. The van der Waals surface area contributed by atoms with Crippen molar-refractivity contribution < 1.29 is 23.8 Å². The Morgan fingerprint density at radius 1 is 0.880 bits per heavy atom. The molecule has 10 heteroatoms. The van der Waals surface area contributed by atoms with Crippen LogP contribution in [0.2, 0.25) is 0 Å². The topological polar surface area (TPSA) is 90.6 Å². The quantitative estimate of drug-likeness (QED) is 0.247. The lowest BCUT2D eigenvalue weighted by molar-refractivity contribution is -0.160. The number of amides is 2. The highest BCUT2D eigenvalue weighted by atomic mass is 16.7. The van der Waals surface area contributed by atoms with Crippen molar-refractivity contribution in [3.05, 3.63) is 89.1 Å². The van der Waals surface area contributed by atoms with Crippen LogP contribution in [-0.2, 0) is 22.6 Å². The molecule has 5 aliphatic heterocycles. The van der Waals surface area contributed by atoms with Crippen molar-refractivity contribution in [1.29, 1.82) is 0 Å². The molecule has 0 unspecified atom stereocenters. The second-order valence-electron chi connectivity index (χ2n) is 14.5. The molecular formula is C40H45N5O5. The fourth-order valence-electron chi connectivity index (χ4n) is 8.85. The van der Waals surface area contributed by atoms with E-state index in [-0.39, 0.29) is 31.2 Å². The number of carbonyl (C=O) groups excluding carboxylic acids is 2. The molecule has 6 heterocycles. The van der Waals surface area contributed by atoms with E-state index in [0.717, 1.165) is 79.1 Å². The van der Waals surface area contributed by atoms with Crippen LogP contribution in [0.1, 0.15) is 60.5 Å². The molecule has 260 valence electrons. The van der Waals surface area contributed by atoms with Crippen molar-refractivity contribution in [2.24, 2.45) is 0 Å². The van der Waals surface area contributed by atoms with Gasteiger partial charge in [0.25, 0.3) is 0 Å².